The van der Waals surface area contributed by atoms with E-state index in [9.17, 15) is 36.6 Å². The number of hydrogen-bond acceptors (Lipinski definition) is 10. The summed E-state index contributed by atoms with van der Waals surface area (Å²) >= 11 is 5.35. The molecule has 0 aliphatic heterocycles. The van der Waals surface area contributed by atoms with E-state index >= 15 is 0 Å². The molecule has 2 heterocycles. The van der Waals surface area contributed by atoms with Crippen molar-refractivity contribution in [3.8, 4) is 34.1 Å². The number of likely N-dealkylation sites (N-methyl/N-ethyl adjacent to an activating group) is 1. The van der Waals surface area contributed by atoms with E-state index < -0.39 is 23.5 Å². The normalized spacial score (nSPS) is 11.5. The summed E-state index contributed by atoms with van der Waals surface area (Å²) in [4.78, 5) is 14.0. The van der Waals surface area contributed by atoms with Gasteiger partial charge in [0.1, 0.15) is 11.5 Å². The molecule has 4 aromatic carbocycles. The molecule has 0 unspecified atom stereocenters. The molecule has 0 spiro atoms. The highest BCUT2D eigenvalue weighted by Gasteiger charge is 2.31. The van der Waals surface area contributed by atoms with Gasteiger partial charge in [-0.3, -0.25) is 4.90 Å². The molecule has 0 atom stereocenters. The van der Waals surface area contributed by atoms with E-state index in [0.717, 1.165) is 36.7 Å². The van der Waals surface area contributed by atoms with Gasteiger partial charge < -0.3 is 34.2 Å². The summed E-state index contributed by atoms with van der Waals surface area (Å²) < 4.78 is 87.3. The maximum atomic E-state index is 12.8. The van der Waals surface area contributed by atoms with E-state index in [1.54, 1.807) is 41.3 Å². The number of alkyl halides is 7. The fourth-order valence-electron chi connectivity index (χ4n) is 4.81. The second kappa shape index (κ2) is 19.9. The third-order valence-corrected chi connectivity index (χ3v) is 7.93. The summed E-state index contributed by atoms with van der Waals surface area (Å²) in [6, 6.07) is 22.8. The van der Waals surface area contributed by atoms with Crippen LogP contribution in [0.1, 0.15) is 11.1 Å². The first-order valence-corrected chi connectivity index (χ1v) is 17.7. The second-order valence-electron chi connectivity index (χ2n) is 12.8. The molecule has 6 rings (SSSR count). The highest BCUT2D eigenvalue weighted by molar-refractivity contribution is 6.18. The van der Waals surface area contributed by atoms with Crippen LogP contribution in [-0.4, -0.2) is 83.7 Å². The molecule has 0 bridgehead atoms. The Morgan fingerprint density at radius 3 is 1.58 bits per heavy atom. The standard InChI is InChI=1S/C20H20F3N3O2.C16H11F3N2O2.C4H10ClN/c1-25(2)10-11-26(16-8-6-15(7-9-16)20(21,22)23)19-24-13-18(28-19)14-4-3-5-17(27)12-14;17-16(18,19)11-4-6-12(7-5-11)21-15-20-9-14(23-15)10-2-1-3-13(22)8-10;1-6(2)4-3-5/h3-9,12-13,27H,10-11H2,1-2H3;1-9,22H,(H,20,21);3-4H2,1-2H3. The molecule has 0 fully saturated rings. The molecule has 3 N–H and O–H groups in total. The molecule has 2 aromatic heterocycles. The Labute approximate surface area is 330 Å². The molecule has 304 valence electrons. The van der Waals surface area contributed by atoms with Crippen molar-refractivity contribution in [1.29, 1.82) is 0 Å². The summed E-state index contributed by atoms with van der Waals surface area (Å²) in [5.41, 5.74) is 0.811. The zero-order valence-electron chi connectivity index (χ0n) is 31.3. The second-order valence-corrected chi connectivity index (χ2v) is 13.2. The lowest BCUT2D eigenvalue weighted by Gasteiger charge is -2.23. The SMILES string of the molecule is CN(C)CCCl.CN(C)CCN(c1ccc(C(F)(F)F)cc1)c1ncc(-c2cccc(O)c2)o1.Oc1cccc(-c2cnc(Nc3ccc(C(F)(F)F)cc3)o2)c1. The highest BCUT2D eigenvalue weighted by Crippen LogP contribution is 2.34. The molecule has 6 aromatic rings. The molecule has 0 radical (unpaired) electrons. The summed E-state index contributed by atoms with van der Waals surface area (Å²) in [7, 11) is 7.81. The van der Waals surface area contributed by atoms with Crippen molar-refractivity contribution in [2.45, 2.75) is 12.4 Å². The largest absolute Gasteiger partial charge is 0.508 e. The minimum absolute atomic E-state index is 0.0937. The molecule has 0 saturated heterocycles. The summed E-state index contributed by atoms with van der Waals surface area (Å²) in [6.45, 7) is 2.09. The van der Waals surface area contributed by atoms with Gasteiger partial charge in [-0.2, -0.15) is 26.3 Å². The van der Waals surface area contributed by atoms with Crippen LogP contribution in [0.3, 0.4) is 0 Å². The van der Waals surface area contributed by atoms with Crippen molar-refractivity contribution in [3.63, 3.8) is 0 Å². The van der Waals surface area contributed by atoms with Gasteiger partial charge in [0.25, 0.3) is 6.01 Å². The predicted molar refractivity (Wildman–Crippen MR) is 208 cm³/mol. The van der Waals surface area contributed by atoms with Crippen LogP contribution >= 0.6 is 11.6 Å². The van der Waals surface area contributed by atoms with Gasteiger partial charge in [-0.15, -0.1) is 11.6 Å². The van der Waals surface area contributed by atoms with Crippen LogP contribution < -0.4 is 10.2 Å². The zero-order valence-corrected chi connectivity index (χ0v) is 32.1. The van der Waals surface area contributed by atoms with Crippen LogP contribution in [0.5, 0.6) is 11.5 Å². The minimum Gasteiger partial charge on any atom is -0.508 e. The van der Waals surface area contributed by atoms with Crippen LogP contribution in [0, 0.1) is 0 Å². The predicted octanol–water partition coefficient (Wildman–Crippen LogP) is 10.4. The first-order valence-electron chi connectivity index (χ1n) is 17.2. The maximum absolute atomic E-state index is 12.8. The van der Waals surface area contributed by atoms with Crippen LogP contribution in [0.25, 0.3) is 22.6 Å². The molecule has 0 aliphatic rings. The van der Waals surface area contributed by atoms with Gasteiger partial charge in [-0.05, 0) is 101 Å². The van der Waals surface area contributed by atoms with Crippen molar-refractivity contribution >= 4 is 35.0 Å². The Morgan fingerprint density at radius 2 is 1.12 bits per heavy atom. The van der Waals surface area contributed by atoms with E-state index in [2.05, 4.69) is 15.3 Å². The van der Waals surface area contributed by atoms with Crippen molar-refractivity contribution < 1.29 is 45.4 Å². The van der Waals surface area contributed by atoms with Gasteiger partial charge in [0, 0.05) is 48.0 Å². The summed E-state index contributed by atoms with van der Waals surface area (Å²) in [6.07, 6.45) is -5.78. The van der Waals surface area contributed by atoms with Gasteiger partial charge in [-0.25, -0.2) is 9.97 Å². The zero-order chi connectivity index (χ0) is 41.8. The Kier molecular flexibility index (Phi) is 15.4. The number of anilines is 4. The van der Waals surface area contributed by atoms with Crippen molar-refractivity contribution in [2.24, 2.45) is 0 Å². The Hall–Kier alpha value is -5.71. The molecule has 0 amide bonds. The number of aromatic nitrogens is 2. The monoisotopic (exact) mass is 818 g/mol. The number of benzene rings is 4. The van der Waals surface area contributed by atoms with E-state index in [1.165, 1.54) is 48.8 Å². The average molecular weight is 819 g/mol. The van der Waals surface area contributed by atoms with Crippen molar-refractivity contribution in [2.75, 3.05) is 63.9 Å². The lowest BCUT2D eigenvalue weighted by atomic mass is 10.2. The highest BCUT2D eigenvalue weighted by atomic mass is 35.5. The van der Waals surface area contributed by atoms with Gasteiger partial charge in [0.15, 0.2) is 11.5 Å². The van der Waals surface area contributed by atoms with E-state index in [4.69, 9.17) is 20.4 Å². The molecule has 10 nitrogen and oxygen atoms in total. The van der Waals surface area contributed by atoms with Gasteiger partial charge in [0.2, 0.25) is 0 Å². The lowest BCUT2D eigenvalue weighted by molar-refractivity contribution is -0.138. The van der Waals surface area contributed by atoms with Gasteiger partial charge >= 0.3 is 18.4 Å². The fraction of sp³-hybridized carbons (Fsp3) is 0.250. The van der Waals surface area contributed by atoms with Crippen LogP contribution in [0.4, 0.5) is 49.7 Å². The van der Waals surface area contributed by atoms with Gasteiger partial charge in [0.05, 0.1) is 23.5 Å². The molecule has 0 saturated carbocycles. The quantitative estimate of drug-likeness (QED) is 0.0862. The number of nitrogens with zero attached hydrogens (tertiary/aromatic N) is 5. The van der Waals surface area contributed by atoms with E-state index in [-0.39, 0.29) is 23.5 Å². The first-order chi connectivity index (χ1) is 26.9. The Morgan fingerprint density at radius 1 is 0.632 bits per heavy atom. The number of hydrogen-bond donors (Lipinski definition) is 3. The average Bonchev–Trinajstić information content (AvgIpc) is 3.83. The van der Waals surface area contributed by atoms with Crippen LogP contribution in [0.2, 0.25) is 0 Å². The van der Waals surface area contributed by atoms with Gasteiger partial charge in [-0.1, -0.05) is 24.3 Å². The number of halogens is 7. The first kappa shape index (κ1) is 44.0. The lowest BCUT2D eigenvalue weighted by Crippen LogP contribution is -2.28. The molecule has 17 heteroatoms. The van der Waals surface area contributed by atoms with E-state index in [0.29, 0.717) is 47.1 Å². The van der Waals surface area contributed by atoms with Crippen LogP contribution in [-0.2, 0) is 12.4 Å². The van der Waals surface area contributed by atoms with Crippen molar-refractivity contribution in [3.05, 3.63) is 121 Å². The van der Waals surface area contributed by atoms with E-state index in [1.807, 2.05) is 38.0 Å². The molecular formula is C40H41ClF6N6O4. The minimum atomic E-state index is -4.39. The summed E-state index contributed by atoms with van der Waals surface area (Å²) in [5, 5.41) is 21.9. The number of oxazole rings is 2. The number of nitrogens with one attached hydrogen (secondary N) is 1. The number of aromatic hydroxyl groups is 2. The number of phenols is 2. The Bertz CT molecular complexity index is 2120. The topological polar surface area (TPSA) is 114 Å². The Balaban J connectivity index is 0.000000224. The van der Waals surface area contributed by atoms with Crippen molar-refractivity contribution in [1.82, 2.24) is 19.8 Å². The fourth-order valence-corrected chi connectivity index (χ4v) is 5.15. The summed E-state index contributed by atoms with van der Waals surface area (Å²) in [5.74, 6) is 1.80. The molecular weight excluding hydrogens is 778 g/mol. The number of rotatable bonds is 11. The van der Waals surface area contributed by atoms with Crippen LogP contribution in [0.15, 0.2) is 118 Å². The molecule has 0 aliphatic carbocycles. The smallest absolute Gasteiger partial charge is 0.416 e. The molecule has 57 heavy (non-hydrogen) atoms. The third-order valence-electron chi connectivity index (χ3n) is 7.76. The number of phenolic OH excluding ortho intramolecular Hbond substituents is 2. The third kappa shape index (κ3) is 13.8. The maximum Gasteiger partial charge on any atom is 0.416 e.